The lowest BCUT2D eigenvalue weighted by molar-refractivity contribution is -0.385. The van der Waals surface area contributed by atoms with Gasteiger partial charge in [0.1, 0.15) is 5.75 Å². The molecule has 0 saturated heterocycles. The molecule has 0 bridgehead atoms. The van der Waals surface area contributed by atoms with Gasteiger partial charge in [-0.1, -0.05) is 24.3 Å². The van der Waals surface area contributed by atoms with Crippen LogP contribution in [-0.2, 0) is 0 Å². The van der Waals surface area contributed by atoms with Crippen molar-refractivity contribution in [1.29, 1.82) is 0 Å². The van der Waals surface area contributed by atoms with Crippen LogP contribution in [0.3, 0.4) is 0 Å². The van der Waals surface area contributed by atoms with Crippen LogP contribution in [-0.4, -0.2) is 15.0 Å². The molecule has 1 heterocycles. The Bertz CT molecular complexity index is 888. The van der Waals surface area contributed by atoms with Crippen LogP contribution in [0.15, 0.2) is 73.1 Å². The molecule has 24 heavy (non-hydrogen) atoms. The summed E-state index contributed by atoms with van der Waals surface area (Å²) in [6, 6.07) is 16.9. The molecule has 0 fully saturated rings. The van der Waals surface area contributed by atoms with Crippen LogP contribution >= 0.6 is 0 Å². The second-order valence-corrected chi connectivity index (χ2v) is 5.16. The normalized spacial score (nSPS) is 11.2. The van der Waals surface area contributed by atoms with Crippen molar-refractivity contribution in [3.63, 3.8) is 0 Å². The Kier molecular flexibility index (Phi) is 4.34. The first-order chi connectivity index (χ1) is 11.6. The third-order valence-electron chi connectivity index (χ3n) is 3.59. The number of pyridine rings is 1. The zero-order valence-electron chi connectivity index (χ0n) is 12.7. The van der Waals surface area contributed by atoms with Gasteiger partial charge in [-0.3, -0.25) is 15.1 Å². The first-order valence-electron chi connectivity index (χ1n) is 7.30. The highest BCUT2D eigenvalue weighted by molar-refractivity contribution is 5.94. The third-order valence-corrected chi connectivity index (χ3v) is 3.59. The average Bonchev–Trinajstić information content (AvgIpc) is 2.62. The van der Waals surface area contributed by atoms with Crippen molar-refractivity contribution in [3.8, 4) is 5.75 Å². The monoisotopic (exact) mass is 318 g/mol. The number of nitro benzene ring substituents is 1. The smallest absolute Gasteiger partial charge is 0.277 e. The van der Waals surface area contributed by atoms with E-state index in [4.69, 9.17) is 0 Å². The van der Waals surface area contributed by atoms with E-state index in [9.17, 15) is 15.2 Å². The van der Waals surface area contributed by atoms with Crippen molar-refractivity contribution in [3.05, 3.63) is 99.9 Å². The number of hydrogen-bond acceptors (Lipinski definition) is 4. The summed E-state index contributed by atoms with van der Waals surface area (Å²) in [5.41, 5.74) is 2.95. The number of phenolic OH excluding ortho intramolecular Hbond substituents is 1. The van der Waals surface area contributed by atoms with Crippen LogP contribution in [0.2, 0.25) is 0 Å². The van der Waals surface area contributed by atoms with Gasteiger partial charge in [-0.05, 0) is 53.1 Å². The second kappa shape index (κ2) is 6.75. The van der Waals surface area contributed by atoms with Gasteiger partial charge in [0, 0.05) is 18.5 Å². The largest absolute Gasteiger partial charge is 0.508 e. The molecule has 0 radical (unpaired) electrons. The molecule has 1 aromatic heterocycles. The van der Waals surface area contributed by atoms with Crippen molar-refractivity contribution >= 4 is 17.3 Å². The number of rotatable bonds is 4. The molecule has 0 unspecified atom stereocenters. The van der Waals surface area contributed by atoms with Crippen molar-refractivity contribution in [1.82, 2.24) is 4.98 Å². The summed E-state index contributed by atoms with van der Waals surface area (Å²) in [4.78, 5) is 15.0. The summed E-state index contributed by atoms with van der Waals surface area (Å²) in [5.74, 6) is 0.170. The van der Waals surface area contributed by atoms with E-state index in [0.29, 0.717) is 5.56 Å². The minimum absolute atomic E-state index is 0.0411. The minimum Gasteiger partial charge on any atom is -0.508 e. The van der Waals surface area contributed by atoms with E-state index in [1.165, 1.54) is 6.07 Å². The Hall–Kier alpha value is -3.47. The standard InChI is InChI=1S/C19H14N2O3/c22-16-7-5-14(6-8-16)13-18(15-9-11-20-12-10-15)17-3-1-2-4-19(17)21(23)24/h1-13,22H/b18-13+. The van der Waals surface area contributed by atoms with Crippen LogP contribution in [0.5, 0.6) is 5.75 Å². The lowest BCUT2D eigenvalue weighted by atomic mass is 9.95. The zero-order chi connectivity index (χ0) is 16.9. The topological polar surface area (TPSA) is 76.3 Å². The lowest BCUT2D eigenvalue weighted by Gasteiger charge is -2.09. The molecule has 2 aromatic carbocycles. The molecule has 0 aliphatic heterocycles. The number of nitrogens with zero attached hydrogens (tertiary/aromatic N) is 2. The molecule has 118 valence electrons. The fourth-order valence-corrected chi connectivity index (χ4v) is 2.45. The number of aromatic nitrogens is 1. The van der Waals surface area contributed by atoms with Crippen molar-refractivity contribution < 1.29 is 10.0 Å². The predicted octanol–water partition coefficient (Wildman–Crippen LogP) is 4.28. The van der Waals surface area contributed by atoms with E-state index in [2.05, 4.69) is 4.98 Å². The van der Waals surface area contributed by atoms with Gasteiger partial charge >= 0.3 is 0 Å². The Morgan fingerprint density at radius 2 is 1.67 bits per heavy atom. The molecule has 0 amide bonds. The van der Waals surface area contributed by atoms with Crippen LogP contribution in [0.4, 0.5) is 5.69 Å². The summed E-state index contributed by atoms with van der Waals surface area (Å²) in [6.07, 6.45) is 5.15. The molecule has 0 spiro atoms. The SMILES string of the molecule is O=[N+]([O-])c1ccccc1/C(=C/c1ccc(O)cc1)c1ccncc1. The number of phenols is 1. The molecule has 0 saturated carbocycles. The summed E-state index contributed by atoms with van der Waals surface area (Å²) < 4.78 is 0. The average molecular weight is 318 g/mol. The van der Waals surface area contributed by atoms with E-state index in [-0.39, 0.29) is 16.4 Å². The quantitative estimate of drug-likeness (QED) is 0.442. The van der Waals surface area contributed by atoms with Gasteiger partial charge in [0.2, 0.25) is 0 Å². The fraction of sp³-hybridized carbons (Fsp3) is 0. The zero-order valence-corrected chi connectivity index (χ0v) is 12.7. The number of hydrogen-bond donors (Lipinski definition) is 1. The number of aromatic hydroxyl groups is 1. The van der Waals surface area contributed by atoms with Crippen molar-refractivity contribution in [2.75, 3.05) is 0 Å². The van der Waals surface area contributed by atoms with Gasteiger partial charge in [0.25, 0.3) is 5.69 Å². The predicted molar refractivity (Wildman–Crippen MR) is 92.4 cm³/mol. The Morgan fingerprint density at radius 3 is 2.33 bits per heavy atom. The van der Waals surface area contributed by atoms with Crippen LogP contribution in [0.25, 0.3) is 11.6 Å². The summed E-state index contributed by atoms with van der Waals surface area (Å²) in [5, 5.41) is 20.8. The molecule has 5 heteroatoms. The second-order valence-electron chi connectivity index (χ2n) is 5.16. The molecule has 3 rings (SSSR count). The molecular weight excluding hydrogens is 304 g/mol. The maximum Gasteiger partial charge on any atom is 0.277 e. The maximum atomic E-state index is 11.4. The highest BCUT2D eigenvalue weighted by Gasteiger charge is 2.17. The molecule has 1 N–H and O–H groups in total. The number of benzene rings is 2. The van der Waals surface area contributed by atoms with Gasteiger partial charge in [-0.2, -0.15) is 0 Å². The fourth-order valence-electron chi connectivity index (χ4n) is 2.45. The summed E-state index contributed by atoms with van der Waals surface area (Å²) in [6.45, 7) is 0. The van der Waals surface area contributed by atoms with Crippen LogP contribution in [0.1, 0.15) is 16.7 Å². The van der Waals surface area contributed by atoms with E-state index in [1.807, 2.05) is 18.2 Å². The van der Waals surface area contributed by atoms with Gasteiger partial charge in [0.05, 0.1) is 10.5 Å². The molecule has 0 aliphatic rings. The van der Waals surface area contributed by atoms with Gasteiger partial charge < -0.3 is 5.11 Å². The van der Waals surface area contributed by atoms with Gasteiger partial charge in [-0.15, -0.1) is 0 Å². The first-order valence-corrected chi connectivity index (χ1v) is 7.30. The molecule has 5 nitrogen and oxygen atoms in total. The van der Waals surface area contributed by atoms with E-state index in [0.717, 1.165) is 16.7 Å². The Labute approximate surface area is 138 Å². The van der Waals surface area contributed by atoms with Crippen LogP contribution < -0.4 is 0 Å². The Balaban J connectivity index is 2.20. The minimum atomic E-state index is -0.388. The van der Waals surface area contributed by atoms with Crippen molar-refractivity contribution in [2.45, 2.75) is 0 Å². The lowest BCUT2D eigenvalue weighted by Crippen LogP contribution is -1.96. The molecule has 0 aliphatic carbocycles. The maximum absolute atomic E-state index is 11.4. The van der Waals surface area contributed by atoms with Crippen molar-refractivity contribution in [2.24, 2.45) is 0 Å². The molecule has 0 atom stereocenters. The van der Waals surface area contributed by atoms with Gasteiger partial charge in [0.15, 0.2) is 0 Å². The molecular formula is C19H14N2O3. The van der Waals surface area contributed by atoms with Crippen LogP contribution in [0, 0.1) is 10.1 Å². The van der Waals surface area contributed by atoms with E-state index >= 15 is 0 Å². The van der Waals surface area contributed by atoms with E-state index in [1.54, 1.807) is 54.9 Å². The highest BCUT2D eigenvalue weighted by Crippen LogP contribution is 2.32. The Morgan fingerprint density at radius 1 is 1.00 bits per heavy atom. The number of para-hydroxylation sites is 1. The summed E-state index contributed by atoms with van der Waals surface area (Å²) >= 11 is 0. The highest BCUT2D eigenvalue weighted by atomic mass is 16.6. The third kappa shape index (κ3) is 3.30. The molecule has 3 aromatic rings. The number of nitro groups is 1. The van der Waals surface area contributed by atoms with E-state index < -0.39 is 0 Å². The van der Waals surface area contributed by atoms with Gasteiger partial charge in [-0.25, -0.2) is 0 Å². The first kappa shape index (κ1) is 15.4. The summed E-state index contributed by atoms with van der Waals surface area (Å²) in [7, 11) is 0.